The minimum absolute atomic E-state index is 0.0971. The Morgan fingerprint density at radius 3 is 2.62 bits per heavy atom. The Kier molecular flexibility index (Phi) is 3.94. The van der Waals surface area contributed by atoms with E-state index in [1.165, 1.54) is 21.1 Å². The standard InChI is InChI=1S/C16H16N2OS2/c1-2-10-7-8-11(20-10)9-18-16(19)15-14(17)12-5-3-4-6-13(12)21-15/h3-8H,2,9,17H2,1H3,(H,18,19). The van der Waals surface area contributed by atoms with Gasteiger partial charge < -0.3 is 11.1 Å². The second-order valence-corrected chi connectivity index (χ2v) is 7.05. The van der Waals surface area contributed by atoms with Crippen LogP contribution in [0.15, 0.2) is 36.4 Å². The molecule has 3 nitrogen and oxygen atoms in total. The monoisotopic (exact) mass is 316 g/mol. The van der Waals surface area contributed by atoms with Crippen molar-refractivity contribution in [3.63, 3.8) is 0 Å². The Hall–Kier alpha value is -1.85. The average Bonchev–Trinajstić information content (AvgIpc) is 3.10. The molecule has 0 aliphatic carbocycles. The van der Waals surface area contributed by atoms with Gasteiger partial charge in [0.05, 0.1) is 12.2 Å². The zero-order chi connectivity index (χ0) is 14.8. The highest BCUT2D eigenvalue weighted by Crippen LogP contribution is 2.33. The number of nitrogens with two attached hydrogens (primary N) is 1. The number of fused-ring (bicyclic) bond motifs is 1. The molecule has 0 aliphatic heterocycles. The largest absolute Gasteiger partial charge is 0.397 e. The fourth-order valence-electron chi connectivity index (χ4n) is 2.19. The summed E-state index contributed by atoms with van der Waals surface area (Å²) in [6.45, 7) is 2.68. The quantitative estimate of drug-likeness (QED) is 0.763. The molecule has 21 heavy (non-hydrogen) atoms. The molecule has 3 N–H and O–H groups in total. The van der Waals surface area contributed by atoms with Gasteiger partial charge in [-0.2, -0.15) is 0 Å². The van der Waals surface area contributed by atoms with E-state index in [1.54, 1.807) is 11.3 Å². The Balaban J connectivity index is 1.76. The van der Waals surface area contributed by atoms with Crippen molar-refractivity contribution in [2.24, 2.45) is 0 Å². The van der Waals surface area contributed by atoms with Gasteiger partial charge in [0, 0.05) is 19.8 Å². The van der Waals surface area contributed by atoms with Gasteiger partial charge in [-0.25, -0.2) is 0 Å². The maximum absolute atomic E-state index is 12.3. The van der Waals surface area contributed by atoms with Gasteiger partial charge in [-0.1, -0.05) is 25.1 Å². The van der Waals surface area contributed by atoms with E-state index in [0.29, 0.717) is 17.1 Å². The van der Waals surface area contributed by atoms with Crippen LogP contribution in [0.2, 0.25) is 0 Å². The lowest BCUT2D eigenvalue weighted by Gasteiger charge is -2.02. The zero-order valence-electron chi connectivity index (χ0n) is 11.7. The summed E-state index contributed by atoms with van der Waals surface area (Å²) >= 11 is 3.18. The zero-order valence-corrected chi connectivity index (χ0v) is 13.3. The van der Waals surface area contributed by atoms with Gasteiger partial charge in [-0.05, 0) is 24.6 Å². The molecule has 0 saturated heterocycles. The minimum atomic E-state index is -0.0971. The summed E-state index contributed by atoms with van der Waals surface area (Å²) in [4.78, 5) is 15.4. The molecule has 1 aromatic carbocycles. The van der Waals surface area contributed by atoms with Crippen LogP contribution in [-0.4, -0.2) is 5.91 Å². The maximum Gasteiger partial charge on any atom is 0.263 e. The highest BCUT2D eigenvalue weighted by atomic mass is 32.1. The molecule has 5 heteroatoms. The third-order valence-electron chi connectivity index (χ3n) is 3.33. The number of thiophene rings is 2. The number of rotatable bonds is 4. The number of hydrogen-bond donors (Lipinski definition) is 2. The SMILES string of the molecule is CCc1ccc(CNC(=O)c2sc3ccccc3c2N)s1. The topological polar surface area (TPSA) is 55.1 Å². The first-order chi connectivity index (χ1) is 10.2. The van der Waals surface area contributed by atoms with Crippen molar-refractivity contribution in [2.75, 3.05) is 5.73 Å². The van der Waals surface area contributed by atoms with Crippen molar-refractivity contribution in [3.05, 3.63) is 51.0 Å². The highest BCUT2D eigenvalue weighted by Gasteiger charge is 2.15. The lowest BCUT2D eigenvalue weighted by molar-refractivity contribution is 0.0956. The molecule has 0 radical (unpaired) electrons. The Morgan fingerprint density at radius 2 is 1.90 bits per heavy atom. The lowest BCUT2D eigenvalue weighted by Crippen LogP contribution is -2.22. The minimum Gasteiger partial charge on any atom is -0.397 e. The van der Waals surface area contributed by atoms with Crippen LogP contribution in [0.5, 0.6) is 0 Å². The van der Waals surface area contributed by atoms with Gasteiger partial charge in [-0.3, -0.25) is 4.79 Å². The molecular weight excluding hydrogens is 300 g/mol. The average molecular weight is 316 g/mol. The number of aryl methyl sites for hydroxylation is 1. The van der Waals surface area contributed by atoms with Crippen molar-refractivity contribution in [1.82, 2.24) is 5.32 Å². The van der Waals surface area contributed by atoms with Crippen LogP contribution < -0.4 is 11.1 Å². The molecule has 0 saturated carbocycles. The summed E-state index contributed by atoms with van der Waals surface area (Å²) in [5.74, 6) is -0.0971. The first-order valence-corrected chi connectivity index (χ1v) is 8.45. The summed E-state index contributed by atoms with van der Waals surface area (Å²) in [6, 6.07) is 12.0. The summed E-state index contributed by atoms with van der Waals surface area (Å²) in [7, 11) is 0. The molecule has 108 valence electrons. The maximum atomic E-state index is 12.3. The number of nitrogens with one attached hydrogen (secondary N) is 1. The summed E-state index contributed by atoms with van der Waals surface area (Å²) < 4.78 is 1.05. The third kappa shape index (κ3) is 2.80. The van der Waals surface area contributed by atoms with E-state index < -0.39 is 0 Å². The predicted octanol–water partition coefficient (Wildman–Crippen LogP) is 4.04. The molecule has 0 spiro atoms. The molecule has 3 rings (SSSR count). The van der Waals surface area contributed by atoms with Crippen molar-refractivity contribution in [1.29, 1.82) is 0 Å². The van der Waals surface area contributed by atoms with Crippen LogP contribution in [0, 0.1) is 0 Å². The number of carbonyl (C=O) groups excluding carboxylic acids is 1. The molecule has 3 aromatic rings. The fourth-order valence-corrected chi connectivity index (χ4v) is 4.13. The number of anilines is 1. The number of benzene rings is 1. The molecule has 0 bridgehead atoms. The number of hydrogen-bond acceptors (Lipinski definition) is 4. The van der Waals surface area contributed by atoms with Gasteiger partial charge in [0.2, 0.25) is 0 Å². The molecule has 2 heterocycles. The van der Waals surface area contributed by atoms with Gasteiger partial charge in [0.25, 0.3) is 5.91 Å². The van der Waals surface area contributed by atoms with Crippen LogP contribution in [-0.2, 0) is 13.0 Å². The Labute approximate surface area is 131 Å². The van der Waals surface area contributed by atoms with Gasteiger partial charge in [0.1, 0.15) is 4.88 Å². The summed E-state index contributed by atoms with van der Waals surface area (Å²) in [5.41, 5.74) is 6.66. The molecule has 2 aromatic heterocycles. The van der Waals surface area contributed by atoms with Crippen molar-refractivity contribution < 1.29 is 4.79 Å². The lowest BCUT2D eigenvalue weighted by atomic mass is 10.2. The van der Waals surface area contributed by atoms with E-state index in [1.807, 2.05) is 24.3 Å². The van der Waals surface area contributed by atoms with Gasteiger partial charge in [0.15, 0.2) is 0 Å². The molecule has 0 fully saturated rings. The third-order valence-corrected chi connectivity index (χ3v) is 5.74. The van der Waals surface area contributed by atoms with Crippen LogP contribution in [0.4, 0.5) is 5.69 Å². The molecule has 0 unspecified atom stereocenters. The van der Waals surface area contributed by atoms with E-state index >= 15 is 0 Å². The van der Waals surface area contributed by atoms with E-state index in [2.05, 4.69) is 24.4 Å². The molecule has 0 aliphatic rings. The second-order valence-electron chi connectivity index (χ2n) is 4.75. The smallest absolute Gasteiger partial charge is 0.263 e. The van der Waals surface area contributed by atoms with E-state index in [9.17, 15) is 4.79 Å². The summed E-state index contributed by atoms with van der Waals surface area (Å²) in [5, 5.41) is 3.91. The normalized spacial score (nSPS) is 10.9. The number of amides is 1. The van der Waals surface area contributed by atoms with Gasteiger partial charge >= 0.3 is 0 Å². The van der Waals surface area contributed by atoms with Crippen molar-refractivity contribution >= 4 is 44.4 Å². The van der Waals surface area contributed by atoms with Crippen LogP contribution in [0.25, 0.3) is 10.1 Å². The predicted molar refractivity (Wildman–Crippen MR) is 91.1 cm³/mol. The van der Waals surface area contributed by atoms with Crippen LogP contribution in [0.1, 0.15) is 26.3 Å². The Morgan fingerprint density at radius 1 is 1.14 bits per heavy atom. The number of nitrogen functional groups attached to an aromatic ring is 1. The first-order valence-electron chi connectivity index (χ1n) is 6.82. The molecular formula is C16H16N2OS2. The van der Waals surface area contributed by atoms with Crippen LogP contribution >= 0.6 is 22.7 Å². The Bertz CT molecular complexity index is 789. The van der Waals surface area contributed by atoms with Crippen molar-refractivity contribution in [3.8, 4) is 0 Å². The van der Waals surface area contributed by atoms with Crippen LogP contribution in [0.3, 0.4) is 0 Å². The second kappa shape index (κ2) is 5.87. The first kappa shape index (κ1) is 14.1. The van der Waals surface area contributed by atoms with E-state index in [4.69, 9.17) is 5.73 Å². The fraction of sp³-hybridized carbons (Fsp3) is 0.188. The van der Waals surface area contributed by atoms with Gasteiger partial charge in [-0.15, -0.1) is 22.7 Å². The highest BCUT2D eigenvalue weighted by molar-refractivity contribution is 7.21. The van der Waals surface area contributed by atoms with Crippen molar-refractivity contribution in [2.45, 2.75) is 19.9 Å². The van der Waals surface area contributed by atoms with E-state index in [0.717, 1.165) is 16.5 Å². The van der Waals surface area contributed by atoms with E-state index in [-0.39, 0.29) is 5.91 Å². The molecule has 1 amide bonds. The molecule has 0 atom stereocenters. The summed E-state index contributed by atoms with van der Waals surface area (Å²) in [6.07, 6.45) is 1.03. The number of carbonyl (C=O) groups is 1.